The molecule has 0 saturated carbocycles. The third kappa shape index (κ3) is 2.42. The van der Waals surface area contributed by atoms with Crippen LogP contribution in [0.15, 0.2) is 30.5 Å². The number of aryl methyl sites for hydroxylation is 1. The van der Waals surface area contributed by atoms with Crippen molar-refractivity contribution in [3.8, 4) is 6.07 Å². The molecule has 0 spiro atoms. The molecule has 4 nitrogen and oxygen atoms in total. The lowest BCUT2D eigenvalue weighted by atomic mass is 10.2. The average Bonchev–Trinajstić information content (AvgIpc) is 2.77. The van der Waals surface area contributed by atoms with Crippen LogP contribution in [0, 0.1) is 17.1 Å². The van der Waals surface area contributed by atoms with Crippen LogP contribution in [-0.2, 0) is 6.54 Å². The van der Waals surface area contributed by atoms with Gasteiger partial charge in [0.2, 0.25) is 0 Å². The second-order valence-corrected chi connectivity index (χ2v) is 3.49. The van der Waals surface area contributed by atoms with Gasteiger partial charge in [-0.15, -0.1) is 0 Å². The molecule has 1 heterocycles. The number of hydrogen-bond donors (Lipinski definition) is 1. The van der Waals surface area contributed by atoms with Crippen molar-refractivity contribution < 1.29 is 4.39 Å². The Kier molecular flexibility index (Phi) is 3.06. The summed E-state index contributed by atoms with van der Waals surface area (Å²) in [6.07, 6.45) is 1.84. The van der Waals surface area contributed by atoms with E-state index in [4.69, 9.17) is 5.26 Å². The molecule has 0 radical (unpaired) electrons. The largest absolute Gasteiger partial charge is 0.339 e. The first-order valence-corrected chi connectivity index (χ1v) is 5.23. The van der Waals surface area contributed by atoms with Crippen molar-refractivity contribution in [3.05, 3.63) is 41.8 Å². The summed E-state index contributed by atoms with van der Waals surface area (Å²) in [5.74, 6) is 0.114. The zero-order valence-electron chi connectivity index (χ0n) is 9.31. The van der Waals surface area contributed by atoms with E-state index in [9.17, 15) is 4.39 Å². The first-order chi connectivity index (χ1) is 8.22. The molecule has 2 rings (SSSR count). The van der Waals surface area contributed by atoms with E-state index in [0.29, 0.717) is 11.5 Å². The van der Waals surface area contributed by atoms with Gasteiger partial charge in [0, 0.05) is 24.5 Å². The lowest BCUT2D eigenvalue weighted by Crippen LogP contribution is -1.97. The first kappa shape index (κ1) is 11.1. The fraction of sp³-hybridized carbons (Fsp3) is 0.167. The van der Waals surface area contributed by atoms with Gasteiger partial charge in [0.05, 0.1) is 5.56 Å². The standard InChI is InChI=1S/C12H11FN4/c1-2-17-6-5-12(16-17)15-10-4-3-9(8-14)11(13)7-10/h3-7H,2H2,1H3,(H,15,16). The summed E-state index contributed by atoms with van der Waals surface area (Å²) in [6.45, 7) is 2.77. The van der Waals surface area contributed by atoms with E-state index in [-0.39, 0.29) is 5.56 Å². The number of rotatable bonds is 3. The zero-order chi connectivity index (χ0) is 12.3. The minimum atomic E-state index is -0.535. The molecule has 1 aromatic heterocycles. The van der Waals surface area contributed by atoms with Gasteiger partial charge in [0.15, 0.2) is 5.82 Å². The number of benzene rings is 1. The summed E-state index contributed by atoms with van der Waals surface area (Å²) in [4.78, 5) is 0. The molecule has 0 unspecified atom stereocenters. The minimum Gasteiger partial charge on any atom is -0.339 e. The molecule has 0 aliphatic rings. The Labute approximate surface area is 98.3 Å². The van der Waals surface area contributed by atoms with Crippen LogP contribution in [0.1, 0.15) is 12.5 Å². The molecule has 0 aliphatic carbocycles. The van der Waals surface area contributed by atoms with E-state index in [1.807, 2.05) is 13.1 Å². The van der Waals surface area contributed by atoms with Crippen LogP contribution < -0.4 is 5.32 Å². The van der Waals surface area contributed by atoms with Crippen molar-refractivity contribution in [3.63, 3.8) is 0 Å². The van der Waals surface area contributed by atoms with Crippen molar-refractivity contribution >= 4 is 11.5 Å². The van der Waals surface area contributed by atoms with E-state index >= 15 is 0 Å². The van der Waals surface area contributed by atoms with Crippen molar-refractivity contribution in [2.45, 2.75) is 13.5 Å². The molecule has 0 atom stereocenters. The Bertz CT molecular complexity index is 568. The molecule has 0 amide bonds. The summed E-state index contributed by atoms with van der Waals surface area (Å²) < 4.78 is 15.1. The van der Waals surface area contributed by atoms with Crippen molar-refractivity contribution in [2.24, 2.45) is 0 Å². The first-order valence-electron chi connectivity index (χ1n) is 5.23. The minimum absolute atomic E-state index is 0.0367. The van der Waals surface area contributed by atoms with Gasteiger partial charge >= 0.3 is 0 Å². The highest BCUT2D eigenvalue weighted by atomic mass is 19.1. The third-order valence-electron chi connectivity index (χ3n) is 2.33. The highest BCUT2D eigenvalue weighted by Gasteiger charge is 2.04. The topological polar surface area (TPSA) is 53.6 Å². The van der Waals surface area contributed by atoms with Crippen molar-refractivity contribution in [2.75, 3.05) is 5.32 Å². The van der Waals surface area contributed by atoms with Crippen LogP contribution in [0.5, 0.6) is 0 Å². The third-order valence-corrected chi connectivity index (χ3v) is 2.33. The molecule has 0 saturated heterocycles. The summed E-state index contributed by atoms with van der Waals surface area (Å²) in [7, 11) is 0. The number of aromatic nitrogens is 2. The van der Waals surface area contributed by atoms with Crippen LogP contribution in [0.25, 0.3) is 0 Å². The molecule has 17 heavy (non-hydrogen) atoms. The molecule has 0 fully saturated rings. The van der Waals surface area contributed by atoms with Crippen molar-refractivity contribution in [1.82, 2.24) is 9.78 Å². The summed E-state index contributed by atoms with van der Waals surface area (Å²) in [5, 5.41) is 15.8. The number of nitrogens with one attached hydrogen (secondary N) is 1. The van der Waals surface area contributed by atoms with Crippen LogP contribution in [0.4, 0.5) is 15.9 Å². The van der Waals surface area contributed by atoms with E-state index in [0.717, 1.165) is 6.54 Å². The van der Waals surface area contributed by atoms with Crippen LogP contribution in [-0.4, -0.2) is 9.78 Å². The maximum Gasteiger partial charge on any atom is 0.152 e. The van der Waals surface area contributed by atoms with Gasteiger partial charge in [0.25, 0.3) is 0 Å². The Hall–Kier alpha value is -2.35. The molecule has 1 aromatic carbocycles. The van der Waals surface area contributed by atoms with Gasteiger partial charge in [0.1, 0.15) is 11.9 Å². The molecule has 86 valence electrons. The van der Waals surface area contributed by atoms with E-state index in [2.05, 4.69) is 10.4 Å². The normalized spacial score (nSPS) is 9.94. The molecular weight excluding hydrogens is 219 g/mol. The highest BCUT2D eigenvalue weighted by Crippen LogP contribution is 2.17. The number of nitrogens with zero attached hydrogens (tertiary/aromatic N) is 3. The van der Waals surface area contributed by atoms with E-state index in [1.54, 1.807) is 22.9 Å². The highest BCUT2D eigenvalue weighted by molar-refractivity contribution is 5.57. The Balaban J connectivity index is 2.19. The fourth-order valence-electron chi connectivity index (χ4n) is 1.44. The lowest BCUT2D eigenvalue weighted by Gasteiger charge is -2.03. The van der Waals surface area contributed by atoms with Crippen LogP contribution >= 0.6 is 0 Å². The predicted molar refractivity (Wildman–Crippen MR) is 62.3 cm³/mol. The van der Waals surface area contributed by atoms with Gasteiger partial charge in [-0.1, -0.05) is 0 Å². The number of anilines is 2. The zero-order valence-corrected chi connectivity index (χ0v) is 9.31. The molecule has 2 aromatic rings. The molecule has 5 heteroatoms. The van der Waals surface area contributed by atoms with Gasteiger partial charge in [-0.25, -0.2) is 4.39 Å². The second-order valence-electron chi connectivity index (χ2n) is 3.49. The molecule has 0 aliphatic heterocycles. The maximum absolute atomic E-state index is 13.3. The predicted octanol–water partition coefficient (Wildman–Crippen LogP) is 2.66. The Morgan fingerprint density at radius 2 is 2.29 bits per heavy atom. The molecule has 0 bridgehead atoms. The maximum atomic E-state index is 13.3. The number of nitriles is 1. The number of hydrogen-bond acceptors (Lipinski definition) is 3. The smallest absolute Gasteiger partial charge is 0.152 e. The average molecular weight is 230 g/mol. The van der Waals surface area contributed by atoms with Gasteiger partial charge < -0.3 is 5.32 Å². The van der Waals surface area contributed by atoms with Gasteiger partial charge in [-0.05, 0) is 25.1 Å². The lowest BCUT2D eigenvalue weighted by molar-refractivity contribution is 0.624. The number of halogens is 1. The van der Waals surface area contributed by atoms with Gasteiger partial charge in [-0.2, -0.15) is 10.4 Å². The van der Waals surface area contributed by atoms with E-state index in [1.165, 1.54) is 12.1 Å². The SMILES string of the molecule is CCn1ccc(Nc2ccc(C#N)c(F)c2)n1. The molecule has 1 N–H and O–H groups in total. The quantitative estimate of drug-likeness (QED) is 0.881. The summed E-state index contributed by atoms with van der Waals surface area (Å²) in [6, 6.07) is 7.95. The molecular formula is C12H11FN4. The second kappa shape index (κ2) is 4.66. The van der Waals surface area contributed by atoms with Gasteiger partial charge in [-0.3, -0.25) is 4.68 Å². The monoisotopic (exact) mass is 230 g/mol. The van der Waals surface area contributed by atoms with Crippen LogP contribution in [0.2, 0.25) is 0 Å². The fourth-order valence-corrected chi connectivity index (χ4v) is 1.44. The summed E-state index contributed by atoms with van der Waals surface area (Å²) >= 11 is 0. The van der Waals surface area contributed by atoms with E-state index < -0.39 is 5.82 Å². The van der Waals surface area contributed by atoms with Crippen LogP contribution in [0.3, 0.4) is 0 Å². The Morgan fingerprint density at radius 3 is 2.88 bits per heavy atom. The summed E-state index contributed by atoms with van der Waals surface area (Å²) in [5.41, 5.74) is 0.609. The Morgan fingerprint density at radius 1 is 1.47 bits per heavy atom. The van der Waals surface area contributed by atoms with Crippen molar-refractivity contribution in [1.29, 1.82) is 5.26 Å².